The maximum Gasteiger partial charge on any atom is 0.237 e. The third-order valence-electron chi connectivity index (χ3n) is 4.16. The van der Waals surface area contributed by atoms with Crippen LogP contribution >= 0.6 is 23.1 Å². The molecule has 0 saturated heterocycles. The van der Waals surface area contributed by atoms with E-state index >= 15 is 0 Å². The number of nitrogens with zero attached hydrogens (tertiary/aromatic N) is 3. The Bertz CT molecular complexity index is 906. The van der Waals surface area contributed by atoms with Crippen LogP contribution in [0, 0.1) is 6.92 Å². The van der Waals surface area contributed by atoms with Gasteiger partial charge in [0.25, 0.3) is 0 Å². The predicted octanol–water partition coefficient (Wildman–Crippen LogP) is 4.07. The van der Waals surface area contributed by atoms with Crippen LogP contribution in [0.1, 0.15) is 16.9 Å². The second kappa shape index (κ2) is 6.53. The number of para-hydroxylation sites is 1. The Morgan fingerprint density at radius 1 is 1.33 bits per heavy atom. The molecule has 1 amide bonds. The molecule has 0 unspecified atom stereocenters. The van der Waals surface area contributed by atoms with E-state index in [0.717, 1.165) is 40.3 Å². The lowest BCUT2D eigenvalue weighted by Gasteiger charge is -2.29. The summed E-state index contributed by atoms with van der Waals surface area (Å²) in [5.41, 5.74) is 2.33. The summed E-state index contributed by atoms with van der Waals surface area (Å²) in [6.45, 7) is 2.86. The van der Waals surface area contributed by atoms with E-state index in [0.29, 0.717) is 5.75 Å². The van der Waals surface area contributed by atoms with Gasteiger partial charge >= 0.3 is 0 Å². The summed E-state index contributed by atoms with van der Waals surface area (Å²) in [6, 6.07) is 10.3. The van der Waals surface area contributed by atoms with E-state index in [1.54, 1.807) is 17.7 Å². The SMILES string of the molecule is Cc1cc2c(SCC(=O)N3CCCc4ccccc43)ncnc2s1. The molecule has 0 saturated carbocycles. The van der Waals surface area contributed by atoms with Crippen LogP contribution in [0.4, 0.5) is 5.69 Å². The Hall–Kier alpha value is -1.92. The van der Waals surface area contributed by atoms with Crippen LogP contribution in [0.25, 0.3) is 10.2 Å². The van der Waals surface area contributed by atoms with Crippen molar-refractivity contribution in [1.29, 1.82) is 0 Å². The first kappa shape index (κ1) is 15.6. The third kappa shape index (κ3) is 2.91. The van der Waals surface area contributed by atoms with Gasteiger partial charge in [0.15, 0.2) is 0 Å². The number of hydrogen-bond acceptors (Lipinski definition) is 5. The molecule has 4 nitrogen and oxygen atoms in total. The van der Waals surface area contributed by atoms with Crippen LogP contribution in [0.2, 0.25) is 0 Å². The molecule has 6 heteroatoms. The fraction of sp³-hybridized carbons (Fsp3) is 0.278. The van der Waals surface area contributed by atoms with Gasteiger partial charge in [0.2, 0.25) is 5.91 Å². The van der Waals surface area contributed by atoms with Gasteiger partial charge in [-0.3, -0.25) is 4.79 Å². The minimum atomic E-state index is 0.144. The highest BCUT2D eigenvalue weighted by Gasteiger charge is 2.22. The third-order valence-corrected chi connectivity index (χ3v) is 6.11. The lowest BCUT2D eigenvalue weighted by molar-refractivity contribution is -0.116. The van der Waals surface area contributed by atoms with Gasteiger partial charge in [-0.05, 0) is 37.5 Å². The lowest BCUT2D eigenvalue weighted by Crippen LogP contribution is -2.36. The Morgan fingerprint density at radius 2 is 2.21 bits per heavy atom. The number of hydrogen-bond donors (Lipinski definition) is 0. The van der Waals surface area contributed by atoms with E-state index in [9.17, 15) is 4.79 Å². The van der Waals surface area contributed by atoms with Crippen molar-refractivity contribution < 1.29 is 4.79 Å². The normalized spacial score (nSPS) is 14.0. The summed E-state index contributed by atoms with van der Waals surface area (Å²) in [6.07, 6.45) is 3.66. The molecule has 0 fully saturated rings. The average Bonchev–Trinajstić information content (AvgIpc) is 3.00. The minimum absolute atomic E-state index is 0.144. The first-order valence-electron chi connectivity index (χ1n) is 7.94. The number of fused-ring (bicyclic) bond motifs is 2. The maximum absolute atomic E-state index is 12.7. The van der Waals surface area contributed by atoms with E-state index in [4.69, 9.17) is 0 Å². The van der Waals surface area contributed by atoms with E-state index in [1.165, 1.54) is 22.2 Å². The molecule has 0 spiro atoms. The zero-order valence-electron chi connectivity index (χ0n) is 13.4. The first-order valence-corrected chi connectivity index (χ1v) is 9.75. The molecule has 0 aliphatic carbocycles. The van der Waals surface area contributed by atoms with Gasteiger partial charge in [0.05, 0.1) is 5.75 Å². The van der Waals surface area contributed by atoms with E-state index in [2.05, 4.69) is 29.0 Å². The molecule has 4 rings (SSSR count). The molecule has 0 radical (unpaired) electrons. The molecule has 1 aliphatic rings. The molecule has 0 N–H and O–H groups in total. The Morgan fingerprint density at radius 3 is 3.12 bits per heavy atom. The Balaban J connectivity index is 1.53. The van der Waals surface area contributed by atoms with Gasteiger partial charge in [-0.1, -0.05) is 30.0 Å². The number of anilines is 1. The number of thioether (sulfide) groups is 1. The van der Waals surface area contributed by atoms with Crippen molar-refractivity contribution >= 4 is 44.9 Å². The van der Waals surface area contributed by atoms with E-state index < -0.39 is 0 Å². The highest BCUT2D eigenvalue weighted by atomic mass is 32.2. The van der Waals surface area contributed by atoms with Crippen molar-refractivity contribution in [3.8, 4) is 0 Å². The zero-order valence-corrected chi connectivity index (χ0v) is 15.0. The second-order valence-electron chi connectivity index (χ2n) is 5.82. The minimum Gasteiger partial charge on any atom is -0.311 e. The quantitative estimate of drug-likeness (QED) is 0.525. The molecule has 3 heterocycles. The number of carbonyl (C=O) groups excluding carboxylic acids is 1. The molecule has 3 aromatic rings. The van der Waals surface area contributed by atoms with Crippen molar-refractivity contribution in [2.45, 2.75) is 24.8 Å². The molecule has 0 bridgehead atoms. The van der Waals surface area contributed by atoms with Gasteiger partial charge in [-0.2, -0.15) is 0 Å². The summed E-state index contributed by atoms with van der Waals surface area (Å²) < 4.78 is 0. The zero-order chi connectivity index (χ0) is 16.5. The summed E-state index contributed by atoms with van der Waals surface area (Å²) >= 11 is 3.16. The van der Waals surface area contributed by atoms with Crippen molar-refractivity contribution in [3.05, 3.63) is 47.1 Å². The number of carbonyl (C=O) groups is 1. The first-order chi connectivity index (χ1) is 11.7. The highest BCUT2D eigenvalue weighted by Crippen LogP contribution is 2.32. The van der Waals surface area contributed by atoms with Crippen molar-refractivity contribution in [1.82, 2.24) is 9.97 Å². The smallest absolute Gasteiger partial charge is 0.237 e. The summed E-state index contributed by atoms with van der Waals surface area (Å²) in [7, 11) is 0. The molecule has 1 aromatic carbocycles. The van der Waals surface area contributed by atoms with Gasteiger partial charge in [0.1, 0.15) is 16.2 Å². The molecule has 2 aromatic heterocycles. The van der Waals surface area contributed by atoms with Crippen LogP contribution in [-0.2, 0) is 11.2 Å². The van der Waals surface area contributed by atoms with Gasteiger partial charge in [0, 0.05) is 22.5 Å². The topological polar surface area (TPSA) is 46.1 Å². The fourth-order valence-corrected chi connectivity index (χ4v) is 4.83. The standard InChI is InChI=1S/C18H17N3OS2/c1-12-9-14-17(19-11-20-18(14)24-12)23-10-16(22)21-8-4-6-13-5-2-3-7-15(13)21/h2-3,5,7,9,11H,4,6,8,10H2,1H3. The van der Waals surface area contributed by atoms with Crippen LogP contribution in [0.5, 0.6) is 0 Å². The summed E-state index contributed by atoms with van der Waals surface area (Å²) in [5, 5.41) is 1.94. The van der Waals surface area contributed by atoms with Gasteiger partial charge < -0.3 is 4.90 Å². The largest absolute Gasteiger partial charge is 0.311 e. The van der Waals surface area contributed by atoms with Crippen molar-refractivity contribution in [2.24, 2.45) is 0 Å². The molecule has 122 valence electrons. The lowest BCUT2D eigenvalue weighted by atomic mass is 10.0. The Labute approximate surface area is 148 Å². The molecular weight excluding hydrogens is 338 g/mol. The summed E-state index contributed by atoms with van der Waals surface area (Å²) in [4.78, 5) is 25.5. The highest BCUT2D eigenvalue weighted by molar-refractivity contribution is 8.00. The summed E-state index contributed by atoms with van der Waals surface area (Å²) in [5.74, 6) is 0.542. The number of aromatic nitrogens is 2. The second-order valence-corrected chi connectivity index (χ2v) is 8.02. The van der Waals surface area contributed by atoms with Gasteiger partial charge in [-0.25, -0.2) is 9.97 Å². The van der Waals surface area contributed by atoms with Crippen LogP contribution < -0.4 is 4.90 Å². The maximum atomic E-state index is 12.7. The van der Waals surface area contributed by atoms with Crippen LogP contribution in [0.3, 0.4) is 0 Å². The number of aryl methyl sites for hydroxylation is 2. The monoisotopic (exact) mass is 355 g/mol. The van der Waals surface area contributed by atoms with Crippen LogP contribution in [0.15, 0.2) is 41.7 Å². The number of thiophene rings is 1. The predicted molar refractivity (Wildman–Crippen MR) is 100.0 cm³/mol. The molecule has 24 heavy (non-hydrogen) atoms. The van der Waals surface area contributed by atoms with E-state index in [-0.39, 0.29) is 5.91 Å². The fourth-order valence-electron chi connectivity index (χ4n) is 3.07. The van der Waals surface area contributed by atoms with Crippen LogP contribution in [-0.4, -0.2) is 28.2 Å². The number of rotatable bonds is 3. The van der Waals surface area contributed by atoms with Gasteiger partial charge in [-0.15, -0.1) is 11.3 Å². The molecular formula is C18H17N3OS2. The average molecular weight is 355 g/mol. The van der Waals surface area contributed by atoms with Crippen molar-refractivity contribution in [3.63, 3.8) is 0 Å². The number of amides is 1. The molecule has 1 aliphatic heterocycles. The Kier molecular flexibility index (Phi) is 4.24. The van der Waals surface area contributed by atoms with E-state index in [1.807, 2.05) is 23.1 Å². The van der Waals surface area contributed by atoms with Crippen molar-refractivity contribution in [2.75, 3.05) is 17.2 Å². The molecule has 0 atom stereocenters. The number of benzene rings is 1.